The Kier molecular flexibility index (Phi) is 4.75. The van der Waals surface area contributed by atoms with Gasteiger partial charge in [0.25, 0.3) is 5.91 Å². The summed E-state index contributed by atoms with van der Waals surface area (Å²) >= 11 is 0. The van der Waals surface area contributed by atoms with Gasteiger partial charge in [-0.1, -0.05) is 0 Å². The number of aliphatic hydroxyl groups is 1. The first kappa shape index (κ1) is 15.6. The summed E-state index contributed by atoms with van der Waals surface area (Å²) in [7, 11) is 1.43. The average molecular weight is 287 g/mol. The fourth-order valence-corrected chi connectivity index (χ4v) is 1.27. The van der Waals surface area contributed by atoms with Gasteiger partial charge >= 0.3 is 11.9 Å². The van der Waals surface area contributed by atoms with Gasteiger partial charge in [-0.05, 0) is 6.92 Å². The van der Waals surface area contributed by atoms with Gasteiger partial charge in [0, 0.05) is 13.5 Å². The Labute approximate surface area is 113 Å². The molecule has 2 unspecified atom stereocenters. The van der Waals surface area contributed by atoms with Crippen molar-refractivity contribution in [3.05, 3.63) is 0 Å². The molecule has 1 aliphatic rings. The molecule has 3 N–H and O–H groups in total. The Morgan fingerprint density at radius 2 is 2.05 bits per heavy atom. The number of rotatable bonds is 4. The summed E-state index contributed by atoms with van der Waals surface area (Å²) in [6, 6.07) is -0.998. The van der Waals surface area contributed by atoms with Gasteiger partial charge in [0.1, 0.15) is 6.04 Å². The van der Waals surface area contributed by atoms with Gasteiger partial charge in [-0.3, -0.25) is 9.59 Å². The molecule has 2 atom stereocenters. The molecule has 0 aromatic carbocycles. The van der Waals surface area contributed by atoms with Crippen LogP contribution in [0.4, 0.5) is 0 Å². The van der Waals surface area contributed by atoms with Gasteiger partial charge in [0.2, 0.25) is 5.78 Å². The second kappa shape index (κ2) is 6.10. The predicted octanol–water partition coefficient (Wildman–Crippen LogP) is -2.52. The number of nitrogens with two attached hydrogens (primary N) is 1. The van der Waals surface area contributed by atoms with E-state index in [-0.39, 0.29) is 5.96 Å². The third-order valence-electron chi connectivity index (χ3n) is 2.49. The van der Waals surface area contributed by atoms with E-state index < -0.39 is 42.2 Å². The van der Waals surface area contributed by atoms with Crippen molar-refractivity contribution in [3.63, 3.8) is 0 Å². The van der Waals surface area contributed by atoms with Crippen molar-refractivity contribution >= 4 is 29.6 Å². The first-order valence-electron chi connectivity index (χ1n) is 5.48. The summed E-state index contributed by atoms with van der Waals surface area (Å²) in [6.07, 6.45) is -2.03. The quantitative estimate of drug-likeness (QED) is 0.324. The maximum Gasteiger partial charge on any atom is 0.421 e. The summed E-state index contributed by atoms with van der Waals surface area (Å²) in [5, 5.41) is 8.77. The van der Waals surface area contributed by atoms with Gasteiger partial charge in [-0.15, -0.1) is 0 Å². The number of carbonyl (C=O) groups excluding carboxylic acids is 4. The molecule has 1 rings (SSSR count). The first-order chi connectivity index (χ1) is 9.23. The average Bonchev–Trinajstić information content (AvgIpc) is 2.61. The number of nitrogens with zero attached hydrogens (tertiary/aromatic N) is 2. The lowest BCUT2D eigenvalue weighted by atomic mass is 10.1. The molecular formula is C10H13N3O7. The Bertz CT molecular complexity index is 485. The largest absolute Gasteiger partial charge is 0.421 e. The fourth-order valence-electron chi connectivity index (χ4n) is 1.27. The van der Waals surface area contributed by atoms with Crippen molar-refractivity contribution in [1.29, 1.82) is 0 Å². The van der Waals surface area contributed by atoms with Crippen molar-refractivity contribution in [3.8, 4) is 0 Å². The van der Waals surface area contributed by atoms with Crippen molar-refractivity contribution in [2.75, 3.05) is 7.05 Å². The Morgan fingerprint density at radius 3 is 2.50 bits per heavy atom. The third kappa shape index (κ3) is 3.51. The van der Waals surface area contributed by atoms with E-state index in [1.165, 1.54) is 11.9 Å². The van der Waals surface area contributed by atoms with Gasteiger partial charge in [0.05, 0.1) is 0 Å². The van der Waals surface area contributed by atoms with Crippen LogP contribution in [0, 0.1) is 0 Å². The van der Waals surface area contributed by atoms with E-state index in [1.807, 2.05) is 0 Å². The highest BCUT2D eigenvalue weighted by Crippen LogP contribution is 2.12. The van der Waals surface area contributed by atoms with E-state index in [4.69, 9.17) is 10.8 Å². The zero-order valence-electron chi connectivity index (χ0n) is 10.7. The van der Waals surface area contributed by atoms with Gasteiger partial charge in [0.15, 0.2) is 12.1 Å². The topological polar surface area (TPSA) is 149 Å². The molecule has 1 aliphatic heterocycles. The maximum absolute atomic E-state index is 11.5. The minimum Gasteiger partial charge on any atom is -0.382 e. The number of hydrogen-bond acceptors (Lipinski definition) is 9. The molecule has 110 valence electrons. The lowest BCUT2D eigenvalue weighted by Gasteiger charge is -2.18. The second-order valence-corrected chi connectivity index (χ2v) is 4.01. The molecule has 0 spiro atoms. The highest BCUT2D eigenvalue weighted by atomic mass is 17.2. The predicted molar refractivity (Wildman–Crippen MR) is 61.7 cm³/mol. The Balaban J connectivity index is 2.49. The van der Waals surface area contributed by atoms with Crippen LogP contribution in [0.15, 0.2) is 4.99 Å². The van der Waals surface area contributed by atoms with Crippen molar-refractivity contribution in [2.45, 2.75) is 25.5 Å². The second-order valence-electron chi connectivity index (χ2n) is 4.01. The zero-order chi connectivity index (χ0) is 15.4. The minimum absolute atomic E-state index is 0.0679. The number of hydrogen-bond donors (Lipinski definition) is 2. The molecule has 1 heterocycles. The number of aliphatic imine (C=N–C) groups is 1. The smallest absolute Gasteiger partial charge is 0.382 e. The summed E-state index contributed by atoms with van der Waals surface area (Å²) in [5.74, 6) is -4.52. The number of carbonyl (C=O) groups is 4. The third-order valence-corrected chi connectivity index (χ3v) is 2.49. The standard InChI is InChI=1S/C10H13N3O7/c1-4(14)8(17)19-20-9(18)6(15)3-5-7(16)12-10(11)13(5)2/h4-5,14H,3H2,1-2H3,(H2,11,12,16). The van der Waals surface area contributed by atoms with Crippen LogP contribution in [0.5, 0.6) is 0 Å². The van der Waals surface area contributed by atoms with E-state index in [1.54, 1.807) is 0 Å². The number of likely N-dealkylation sites (N-methyl/N-ethyl adjacent to an activating group) is 1. The fraction of sp³-hybridized carbons (Fsp3) is 0.500. The Hall–Kier alpha value is -2.49. The molecule has 1 amide bonds. The summed E-state index contributed by atoms with van der Waals surface area (Å²) in [6.45, 7) is 1.09. The highest BCUT2D eigenvalue weighted by molar-refractivity contribution is 6.34. The number of amides is 1. The van der Waals surface area contributed by atoms with Crippen molar-refractivity contribution in [2.24, 2.45) is 10.7 Å². The summed E-state index contributed by atoms with van der Waals surface area (Å²) < 4.78 is 0. The molecule has 0 aromatic rings. The molecule has 0 saturated heterocycles. The lowest BCUT2D eigenvalue weighted by molar-refractivity contribution is -0.261. The molecule has 0 bridgehead atoms. The monoisotopic (exact) mass is 287 g/mol. The van der Waals surface area contributed by atoms with Crippen LogP contribution in [0.25, 0.3) is 0 Å². The van der Waals surface area contributed by atoms with Crippen LogP contribution < -0.4 is 5.73 Å². The molecule has 0 aliphatic carbocycles. The lowest BCUT2D eigenvalue weighted by Crippen LogP contribution is -2.41. The number of Topliss-reactive ketones (excluding diaryl/α,β-unsaturated/α-hetero) is 1. The van der Waals surface area contributed by atoms with Crippen LogP contribution in [0.3, 0.4) is 0 Å². The SMILES string of the molecule is CC(O)C(=O)OOC(=O)C(=O)CC1C(=O)N=C(N)N1C. The normalized spacial score (nSPS) is 19.4. The van der Waals surface area contributed by atoms with Crippen LogP contribution in [0.1, 0.15) is 13.3 Å². The molecule has 0 fully saturated rings. The molecular weight excluding hydrogens is 274 g/mol. The number of aliphatic hydroxyl groups excluding tert-OH is 1. The van der Waals surface area contributed by atoms with E-state index in [0.717, 1.165) is 6.92 Å². The Morgan fingerprint density at radius 1 is 1.45 bits per heavy atom. The molecule has 10 heteroatoms. The van der Waals surface area contributed by atoms with E-state index in [2.05, 4.69) is 14.8 Å². The van der Waals surface area contributed by atoms with Crippen molar-refractivity contribution < 1.29 is 34.1 Å². The van der Waals surface area contributed by atoms with Gasteiger partial charge < -0.3 is 15.7 Å². The minimum atomic E-state index is -1.51. The highest BCUT2D eigenvalue weighted by Gasteiger charge is 2.35. The van der Waals surface area contributed by atoms with Crippen LogP contribution in [-0.4, -0.2) is 58.8 Å². The van der Waals surface area contributed by atoms with Crippen LogP contribution in [-0.2, 0) is 29.0 Å². The van der Waals surface area contributed by atoms with E-state index >= 15 is 0 Å². The molecule has 0 aromatic heterocycles. The maximum atomic E-state index is 11.5. The molecule has 10 nitrogen and oxygen atoms in total. The van der Waals surface area contributed by atoms with E-state index in [9.17, 15) is 19.2 Å². The zero-order valence-corrected chi connectivity index (χ0v) is 10.7. The first-order valence-corrected chi connectivity index (χ1v) is 5.48. The molecule has 20 heavy (non-hydrogen) atoms. The van der Waals surface area contributed by atoms with Crippen LogP contribution >= 0.6 is 0 Å². The van der Waals surface area contributed by atoms with Crippen molar-refractivity contribution in [1.82, 2.24) is 4.90 Å². The molecule has 0 saturated carbocycles. The number of ketones is 1. The summed E-state index contributed by atoms with van der Waals surface area (Å²) in [5.41, 5.74) is 5.37. The van der Waals surface area contributed by atoms with Crippen LogP contribution in [0.2, 0.25) is 0 Å². The van der Waals surface area contributed by atoms with Gasteiger partial charge in [-0.2, -0.15) is 4.99 Å². The summed E-state index contributed by atoms with van der Waals surface area (Å²) in [4.78, 5) is 57.4. The van der Waals surface area contributed by atoms with E-state index in [0.29, 0.717) is 0 Å². The molecule has 0 radical (unpaired) electrons. The van der Waals surface area contributed by atoms with Gasteiger partial charge in [-0.25, -0.2) is 19.4 Å². The number of guanidine groups is 1.